The van der Waals surface area contributed by atoms with Crippen molar-refractivity contribution in [1.82, 2.24) is 14.9 Å². The van der Waals surface area contributed by atoms with E-state index in [1.807, 2.05) is 29.1 Å². The molecule has 1 amide bonds. The molecule has 2 atom stereocenters. The lowest BCUT2D eigenvalue weighted by molar-refractivity contribution is 0.101. The second-order valence-electron chi connectivity index (χ2n) is 7.03. The third-order valence-corrected chi connectivity index (χ3v) is 5.04. The summed E-state index contributed by atoms with van der Waals surface area (Å²) in [7, 11) is 0. The maximum absolute atomic E-state index is 12.6. The van der Waals surface area contributed by atoms with Crippen LogP contribution in [0.1, 0.15) is 53.7 Å². The van der Waals surface area contributed by atoms with Gasteiger partial charge in [-0.2, -0.15) is 5.10 Å². The Bertz CT molecular complexity index is 913. The molecular formula is C20H22N4O2. The van der Waals surface area contributed by atoms with E-state index in [4.69, 9.17) is 4.52 Å². The van der Waals surface area contributed by atoms with Crippen molar-refractivity contribution < 1.29 is 9.32 Å². The van der Waals surface area contributed by atoms with Crippen LogP contribution in [-0.2, 0) is 12.8 Å². The number of rotatable bonds is 4. The summed E-state index contributed by atoms with van der Waals surface area (Å²) in [6.07, 6.45) is 6.26. The first kappa shape index (κ1) is 16.6. The second-order valence-corrected chi connectivity index (χ2v) is 7.03. The van der Waals surface area contributed by atoms with Gasteiger partial charge in [0.2, 0.25) is 0 Å². The Balaban J connectivity index is 1.50. The van der Waals surface area contributed by atoms with Crippen molar-refractivity contribution in [3.63, 3.8) is 0 Å². The molecule has 2 heterocycles. The number of carbonyl (C=O) groups excluding carboxylic acids is 1. The Kier molecular flexibility index (Phi) is 4.32. The Morgan fingerprint density at radius 2 is 2.15 bits per heavy atom. The third-order valence-electron chi connectivity index (χ3n) is 5.04. The second kappa shape index (κ2) is 6.78. The van der Waals surface area contributed by atoms with E-state index in [9.17, 15) is 4.79 Å². The van der Waals surface area contributed by atoms with Gasteiger partial charge in [0.1, 0.15) is 5.76 Å². The highest BCUT2D eigenvalue weighted by Gasteiger charge is 2.27. The fourth-order valence-corrected chi connectivity index (χ4v) is 3.45. The molecule has 2 unspecified atom stereocenters. The van der Waals surface area contributed by atoms with Crippen LogP contribution in [0.5, 0.6) is 0 Å². The van der Waals surface area contributed by atoms with Crippen LogP contribution >= 0.6 is 0 Å². The van der Waals surface area contributed by atoms with Gasteiger partial charge in [-0.15, -0.1) is 0 Å². The maximum atomic E-state index is 12.6. The minimum Gasteiger partial charge on any atom is -0.360 e. The summed E-state index contributed by atoms with van der Waals surface area (Å²) in [6.45, 7) is 4.26. The molecule has 1 aromatic carbocycles. The monoisotopic (exact) mass is 350 g/mol. The van der Waals surface area contributed by atoms with Gasteiger partial charge in [0, 0.05) is 18.2 Å². The van der Waals surface area contributed by atoms with Crippen LogP contribution in [0.4, 0.5) is 5.69 Å². The van der Waals surface area contributed by atoms with Crippen LogP contribution in [0.3, 0.4) is 0 Å². The van der Waals surface area contributed by atoms with Gasteiger partial charge in [0.15, 0.2) is 5.69 Å². The Labute approximate surface area is 152 Å². The van der Waals surface area contributed by atoms with Gasteiger partial charge in [-0.3, -0.25) is 9.48 Å². The highest BCUT2D eigenvalue weighted by Crippen LogP contribution is 2.28. The number of aryl methyl sites for hydroxylation is 1. The summed E-state index contributed by atoms with van der Waals surface area (Å²) in [5.74, 6) is 1.15. The predicted octanol–water partition coefficient (Wildman–Crippen LogP) is 3.86. The van der Waals surface area contributed by atoms with Crippen LogP contribution in [0.25, 0.3) is 0 Å². The zero-order valence-electron chi connectivity index (χ0n) is 15.0. The van der Waals surface area contributed by atoms with Crippen molar-refractivity contribution in [1.29, 1.82) is 0 Å². The van der Waals surface area contributed by atoms with Gasteiger partial charge in [-0.25, -0.2) is 0 Å². The number of carbonyl (C=O) groups is 1. The molecule has 0 bridgehead atoms. The van der Waals surface area contributed by atoms with Crippen molar-refractivity contribution in [2.45, 2.75) is 39.2 Å². The number of benzene rings is 1. The number of nitrogens with one attached hydrogen (secondary N) is 1. The standard InChI is InChI=1S/C20H22N4O2/c1-13-8-9-18-17(10-13)19(23-26-18)20(25)22-16-11-21-24(12-16)14(2)15-6-4-3-5-7-15/h3-7,11-14H,8-10H2,1-2H3,(H,22,25). The van der Waals surface area contributed by atoms with Gasteiger partial charge in [0.25, 0.3) is 5.91 Å². The Morgan fingerprint density at radius 3 is 2.96 bits per heavy atom. The average molecular weight is 350 g/mol. The molecule has 6 nitrogen and oxygen atoms in total. The normalized spacial score (nSPS) is 17.5. The topological polar surface area (TPSA) is 73.0 Å². The quantitative estimate of drug-likeness (QED) is 0.775. The third kappa shape index (κ3) is 3.14. The number of nitrogens with zero attached hydrogens (tertiary/aromatic N) is 3. The number of hydrogen-bond donors (Lipinski definition) is 1. The number of anilines is 1. The van der Waals surface area contributed by atoms with Gasteiger partial charge in [-0.1, -0.05) is 42.4 Å². The van der Waals surface area contributed by atoms with E-state index in [1.165, 1.54) is 0 Å². The smallest absolute Gasteiger partial charge is 0.278 e. The van der Waals surface area contributed by atoms with Crippen molar-refractivity contribution in [2.75, 3.05) is 5.32 Å². The van der Waals surface area contributed by atoms with E-state index in [0.717, 1.165) is 36.1 Å². The fourth-order valence-electron chi connectivity index (χ4n) is 3.45. The van der Waals surface area contributed by atoms with Crippen molar-refractivity contribution >= 4 is 11.6 Å². The molecule has 4 rings (SSSR count). The minimum absolute atomic E-state index is 0.0857. The molecule has 134 valence electrons. The lowest BCUT2D eigenvalue weighted by Gasteiger charge is -2.16. The first-order valence-electron chi connectivity index (χ1n) is 8.99. The summed E-state index contributed by atoms with van der Waals surface area (Å²) in [5.41, 5.74) is 3.16. The average Bonchev–Trinajstić information content (AvgIpc) is 3.28. The molecule has 0 aliphatic heterocycles. The molecule has 26 heavy (non-hydrogen) atoms. The van der Waals surface area contributed by atoms with Gasteiger partial charge in [0.05, 0.1) is 17.9 Å². The lowest BCUT2D eigenvalue weighted by atomic mass is 9.88. The maximum Gasteiger partial charge on any atom is 0.278 e. The Morgan fingerprint density at radius 1 is 1.35 bits per heavy atom. The summed E-state index contributed by atoms with van der Waals surface area (Å²) in [6, 6.07) is 10.2. The molecule has 1 N–H and O–H groups in total. The predicted molar refractivity (Wildman–Crippen MR) is 98.1 cm³/mol. The molecule has 3 aromatic rings. The van der Waals surface area contributed by atoms with E-state index < -0.39 is 0 Å². The van der Waals surface area contributed by atoms with Crippen molar-refractivity contribution in [2.24, 2.45) is 5.92 Å². The number of fused-ring (bicyclic) bond motifs is 1. The van der Waals surface area contributed by atoms with E-state index in [0.29, 0.717) is 17.3 Å². The Hall–Kier alpha value is -2.89. The van der Waals surface area contributed by atoms with Crippen LogP contribution in [0, 0.1) is 5.92 Å². The van der Waals surface area contributed by atoms with E-state index in [1.54, 1.807) is 6.20 Å². The highest BCUT2D eigenvalue weighted by atomic mass is 16.5. The molecule has 0 fully saturated rings. The minimum atomic E-state index is -0.240. The zero-order valence-corrected chi connectivity index (χ0v) is 15.0. The summed E-state index contributed by atoms with van der Waals surface area (Å²) >= 11 is 0. The van der Waals surface area contributed by atoms with Crippen LogP contribution in [0.15, 0.2) is 47.2 Å². The van der Waals surface area contributed by atoms with Gasteiger partial charge in [-0.05, 0) is 31.2 Å². The molecule has 0 saturated carbocycles. The first-order chi connectivity index (χ1) is 12.6. The van der Waals surface area contributed by atoms with E-state index >= 15 is 0 Å². The van der Waals surface area contributed by atoms with E-state index in [2.05, 4.69) is 41.6 Å². The first-order valence-corrected chi connectivity index (χ1v) is 8.99. The summed E-state index contributed by atoms with van der Waals surface area (Å²) in [5, 5.41) is 11.3. The number of amides is 1. The molecular weight excluding hydrogens is 328 g/mol. The number of hydrogen-bond acceptors (Lipinski definition) is 4. The highest BCUT2D eigenvalue weighted by molar-refractivity contribution is 6.03. The zero-order chi connectivity index (χ0) is 18.1. The molecule has 6 heteroatoms. The van der Waals surface area contributed by atoms with Crippen LogP contribution in [0.2, 0.25) is 0 Å². The van der Waals surface area contributed by atoms with Gasteiger partial charge < -0.3 is 9.84 Å². The molecule has 1 aliphatic carbocycles. The van der Waals surface area contributed by atoms with Crippen LogP contribution < -0.4 is 5.32 Å². The number of aromatic nitrogens is 3. The molecule has 0 radical (unpaired) electrons. The molecule has 0 spiro atoms. The van der Waals surface area contributed by atoms with Gasteiger partial charge >= 0.3 is 0 Å². The largest absolute Gasteiger partial charge is 0.360 e. The van der Waals surface area contributed by atoms with Crippen molar-refractivity contribution in [3.8, 4) is 0 Å². The van der Waals surface area contributed by atoms with Crippen LogP contribution in [-0.4, -0.2) is 20.8 Å². The molecule has 1 aliphatic rings. The lowest BCUT2D eigenvalue weighted by Crippen LogP contribution is -2.17. The SMILES string of the molecule is CC1CCc2onc(C(=O)Nc3cnn(C(C)c4ccccc4)c3)c2C1. The summed E-state index contributed by atoms with van der Waals surface area (Å²) in [4.78, 5) is 12.6. The van der Waals surface area contributed by atoms with E-state index in [-0.39, 0.29) is 11.9 Å². The van der Waals surface area contributed by atoms with Crippen molar-refractivity contribution in [3.05, 3.63) is 65.3 Å². The molecule has 2 aromatic heterocycles. The summed E-state index contributed by atoms with van der Waals surface area (Å²) < 4.78 is 7.20. The fraction of sp³-hybridized carbons (Fsp3) is 0.350. The molecule has 0 saturated heterocycles.